The number of rotatable bonds is 9. The first-order chi connectivity index (χ1) is 14.4. The summed E-state index contributed by atoms with van der Waals surface area (Å²) in [6, 6.07) is -1.18. The van der Waals surface area contributed by atoms with Crippen LogP contribution in [0.2, 0.25) is 0 Å². The number of likely N-dealkylation sites (N-methyl/N-ethyl adjacent to an activating group) is 1. The number of thioether (sulfide) groups is 1. The lowest BCUT2D eigenvalue weighted by Gasteiger charge is -2.45. The normalized spacial score (nSPS) is 36.9. The lowest BCUT2D eigenvalue weighted by molar-refractivity contribution is -0.201. The summed E-state index contributed by atoms with van der Waals surface area (Å²) in [7, 11) is -3.04. The fourth-order valence-corrected chi connectivity index (χ4v) is 5.93. The highest BCUT2D eigenvalue weighted by Crippen LogP contribution is 2.43. The van der Waals surface area contributed by atoms with Crippen molar-refractivity contribution in [1.29, 1.82) is 0 Å². The summed E-state index contributed by atoms with van der Waals surface area (Å²) in [6.07, 6.45) is -1.37. The van der Waals surface area contributed by atoms with Gasteiger partial charge in [0.15, 0.2) is 0 Å². The zero-order chi connectivity index (χ0) is 23.5. The van der Waals surface area contributed by atoms with Gasteiger partial charge < -0.3 is 30.1 Å². The van der Waals surface area contributed by atoms with Crippen LogP contribution in [-0.4, -0.2) is 98.0 Å². The zero-order valence-corrected chi connectivity index (χ0v) is 20.6. The molecular formula is C18H34ClN2O8PS. The van der Waals surface area contributed by atoms with Crippen molar-refractivity contribution in [1.82, 2.24) is 10.2 Å². The molecule has 2 heterocycles. The Labute approximate surface area is 192 Å². The maximum absolute atomic E-state index is 13.0. The van der Waals surface area contributed by atoms with Gasteiger partial charge in [-0.1, -0.05) is 13.3 Å². The van der Waals surface area contributed by atoms with Gasteiger partial charge in [0, 0.05) is 6.54 Å². The molecule has 0 unspecified atom stereocenters. The van der Waals surface area contributed by atoms with Crippen LogP contribution in [-0.2, 0) is 18.6 Å². The first-order valence-corrected chi connectivity index (χ1v) is 13.6. The molecule has 0 aliphatic carbocycles. The largest absolute Gasteiger partial charge is 0.470 e. The number of ether oxygens (including phenoxy) is 1. The van der Waals surface area contributed by atoms with Crippen molar-refractivity contribution in [3.63, 3.8) is 0 Å². The number of phosphoric acid groups is 1. The first kappa shape index (κ1) is 27.3. The van der Waals surface area contributed by atoms with Gasteiger partial charge in [-0.25, -0.2) is 4.57 Å². The zero-order valence-electron chi connectivity index (χ0n) is 18.1. The Bertz CT molecular complexity index is 654. The standard InChI is InChI=1S/C18H34ClN2O8PS/c1-5-6-10-7-11(21(3)8-10)17(24)20-12(9(2)19)15-13(22)14(23)16(18(28-15)31-4)29-30(25,26)27/h9-16,18,22-23H,5-8H2,1-4H3,(H,20,24)(H2,25,26,27)/t9-,10+,11-,12+,13+,14+,15-,16+,18+/m0/s1. The second-order valence-corrected chi connectivity index (χ2v) is 11.1. The molecule has 0 saturated carbocycles. The van der Waals surface area contributed by atoms with E-state index in [2.05, 4.69) is 16.8 Å². The molecule has 1 amide bonds. The number of aliphatic hydroxyl groups excluding tert-OH is 2. The average molecular weight is 505 g/mol. The highest BCUT2D eigenvalue weighted by Gasteiger charge is 2.51. The smallest absolute Gasteiger partial charge is 0.388 e. The third-order valence-corrected chi connectivity index (χ3v) is 7.50. The Morgan fingerprint density at radius 1 is 1.39 bits per heavy atom. The van der Waals surface area contributed by atoms with E-state index in [0.29, 0.717) is 5.92 Å². The first-order valence-electron chi connectivity index (χ1n) is 10.3. The van der Waals surface area contributed by atoms with E-state index in [1.54, 1.807) is 13.2 Å². The Hall–Kier alpha value is 0.0600. The van der Waals surface area contributed by atoms with Gasteiger partial charge in [-0.15, -0.1) is 23.4 Å². The quantitative estimate of drug-likeness (QED) is 0.222. The number of alkyl halides is 1. The average Bonchev–Trinajstić information content (AvgIpc) is 3.03. The monoisotopic (exact) mass is 504 g/mol. The lowest BCUT2D eigenvalue weighted by atomic mass is 9.92. The second kappa shape index (κ2) is 11.5. The van der Waals surface area contributed by atoms with Gasteiger partial charge in [-0.05, 0) is 39.0 Å². The number of carbonyl (C=O) groups is 1. The minimum atomic E-state index is -4.93. The van der Waals surface area contributed by atoms with Crippen molar-refractivity contribution in [2.45, 2.75) is 80.4 Å². The van der Waals surface area contributed by atoms with Gasteiger partial charge >= 0.3 is 7.82 Å². The molecule has 2 saturated heterocycles. The minimum absolute atomic E-state index is 0.238. The van der Waals surface area contributed by atoms with Crippen molar-refractivity contribution in [2.75, 3.05) is 19.8 Å². The molecule has 2 aliphatic heterocycles. The maximum Gasteiger partial charge on any atom is 0.470 e. The van der Waals surface area contributed by atoms with E-state index in [1.165, 1.54) is 0 Å². The molecule has 2 fully saturated rings. The molecule has 13 heteroatoms. The molecule has 0 spiro atoms. The molecule has 9 atom stereocenters. The number of aliphatic hydroxyl groups is 2. The molecule has 31 heavy (non-hydrogen) atoms. The summed E-state index contributed by atoms with van der Waals surface area (Å²) < 4.78 is 21.7. The fraction of sp³-hybridized carbons (Fsp3) is 0.944. The summed E-state index contributed by atoms with van der Waals surface area (Å²) in [5.41, 5.74) is -0.992. The van der Waals surface area contributed by atoms with Crippen LogP contribution in [0.5, 0.6) is 0 Å². The molecule has 0 radical (unpaired) electrons. The van der Waals surface area contributed by atoms with Crippen LogP contribution in [0.15, 0.2) is 0 Å². The highest BCUT2D eigenvalue weighted by molar-refractivity contribution is 7.99. The number of carbonyl (C=O) groups excluding carboxylic acids is 1. The predicted molar refractivity (Wildman–Crippen MR) is 118 cm³/mol. The molecule has 182 valence electrons. The summed E-state index contributed by atoms with van der Waals surface area (Å²) in [6.45, 7) is 4.57. The lowest BCUT2D eigenvalue weighted by Crippen LogP contribution is -2.65. The van der Waals surface area contributed by atoms with E-state index in [1.807, 2.05) is 11.9 Å². The third-order valence-electron chi connectivity index (χ3n) is 5.87. The van der Waals surface area contributed by atoms with Crippen molar-refractivity contribution in [2.24, 2.45) is 5.92 Å². The van der Waals surface area contributed by atoms with Crippen molar-refractivity contribution in [3.8, 4) is 0 Å². The number of phosphoric ester groups is 1. The third kappa shape index (κ3) is 7.02. The van der Waals surface area contributed by atoms with Crippen molar-refractivity contribution in [3.05, 3.63) is 0 Å². The molecule has 5 N–H and O–H groups in total. The van der Waals surface area contributed by atoms with Gasteiger partial charge in [-0.2, -0.15) is 0 Å². The fourth-order valence-electron chi connectivity index (χ4n) is 4.37. The number of nitrogens with one attached hydrogen (secondary N) is 1. The van der Waals surface area contributed by atoms with E-state index >= 15 is 0 Å². The maximum atomic E-state index is 13.0. The Morgan fingerprint density at radius 2 is 2.03 bits per heavy atom. The van der Waals surface area contributed by atoms with Gasteiger partial charge in [-0.3, -0.25) is 14.2 Å². The summed E-state index contributed by atoms with van der Waals surface area (Å²) >= 11 is 7.38. The molecule has 0 aromatic rings. The van der Waals surface area contributed by atoms with E-state index < -0.39 is 49.1 Å². The predicted octanol–water partition coefficient (Wildman–Crippen LogP) is 0.506. The van der Waals surface area contributed by atoms with Crippen LogP contribution in [0, 0.1) is 5.92 Å². The van der Waals surface area contributed by atoms with Gasteiger partial charge in [0.1, 0.15) is 29.9 Å². The Balaban J connectivity index is 2.15. The number of likely N-dealkylation sites (tertiary alicyclic amines) is 1. The summed E-state index contributed by atoms with van der Waals surface area (Å²) in [5, 5.41) is 23.4. The number of hydrogen-bond donors (Lipinski definition) is 5. The van der Waals surface area contributed by atoms with Crippen LogP contribution in [0.3, 0.4) is 0 Å². The minimum Gasteiger partial charge on any atom is -0.388 e. The number of hydrogen-bond acceptors (Lipinski definition) is 8. The van der Waals surface area contributed by atoms with Gasteiger partial charge in [0.25, 0.3) is 0 Å². The molecular weight excluding hydrogens is 471 g/mol. The molecule has 2 aliphatic rings. The molecule has 10 nitrogen and oxygen atoms in total. The Morgan fingerprint density at radius 3 is 2.55 bits per heavy atom. The highest BCUT2D eigenvalue weighted by atomic mass is 35.5. The number of halogens is 1. The van der Waals surface area contributed by atoms with Crippen LogP contribution in [0.25, 0.3) is 0 Å². The van der Waals surface area contributed by atoms with E-state index in [0.717, 1.165) is 37.6 Å². The topological polar surface area (TPSA) is 149 Å². The SMILES string of the molecule is CCC[C@@H]1C[C@@H](C(=O)N[C@@H]([C@@H]2O[C@H](SC)[C@H](OP(=O)(O)O)[C@H](O)[C@H]2O)[C@H](C)Cl)N(C)C1. The van der Waals surface area contributed by atoms with E-state index in [-0.39, 0.29) is 11.9 Å². The van der Waals surface area contributed by atoms with Crippen molar-refractivity contribution < 1.29 is 38.6 Å². The second-order valence-electron chi connectivity index (χ2n) is 8.30. The van der Waals surface area contributed by atoms with Crippen LogP contribution >= 0.6 is 31.2 Å². The molecule has 0 bridgehead atoms. The molecule has 0 aromatic heterocycles. The van der Waals surface area contributed by atoms with Crippen LogP contribution in [0.1, 0.15) is 33.1 Å². The summed E-state index contributed by atoms with van der Waals surface area (Å²) in [4.78, 5) is 33.3. The molecule has 0 aromatic carbocycles. The Kier molecular flexibility index (Phi) is 10.1. The summed E-state index contributed by atoms with van der Waals surface area (Å²) in [5.74, 6) is 0.195. The van der Waals surface area contributed by atoms with Gasteiger partial charge in [0.05, 0.1) is 17.5 Å². The van der Waals surface area contributed by atoms with Crippen LogP contribution < -0.4 is 5.32 Å². The van der Waals surface area contributed by atoms with Crippen molar-refractivity contribution >= 4 is 37.1 Å². The number of amides is 1. The number of nitrogens with zero attached hydrogens (tertiary/aromatic N) is 1. The van der Waals surface area contributed by atoms with Gasteiger partial charge in [0.2, 0.25) is 5.91 Å². The van der Waals surface area contributed by atoms with E-state index in [4.69, 9.17) is 26.1 Å². The molecule has 2 rings (SSSR count). The van der Waals surface area contributed by atoms with E-state index in [9.17, 15) is 19.6 Å². The van der Waals surface area contributed by atoms with Crippen LogP contribution in [0.4, 0.5) is 0 Å².